The van der Waals surface area contributed by atoms with Gasteiger partial charge in [0.1, 0.15) is 0 Å². The monoisotopic (exact) mass is 636 g/mol. The minimum absolute atomic E-state index is 0.0284. The van der Waals surface area contributed by atoms with Gasteiger partial charge >= 0.3 is 6.18 Å². The van der Waals surface area contributed by atoms with Gasteiger partial charge in [-0.25, -0.2) is 8.42 Å². The van der Waals surface area contributed by atoms with Gasteiger partial charge < -0.3 is 9.80 Å². The van der Waals surface area contributed by atoms with Gasteiger partial charge in [0.25, 0.3) is 5.91 Å². The Morgan fingerprint density at radius 1 is 1.05 bits per heavy atom. The van der Waals surface area contributed by atoms with E-state index >= 15 is 0 Å². The fraction of sp³-hybridized carbons (Fsp3) is 0.548. The number of hydrogen-bond donors (Lipinski definition) is 1. The predicted octanol–water partition coefficient (Wildman–Crippen LogP) is 4.54. The van der Waals surface area contributed by atoms with Crippen LogP contribution in [0.1, 0.15) is 84.8 Å². The van der Waals surface area contributed by atoms with Gasteiger partial charge in [-0.2, -0.15) is 13.2 Å². The van der Waals surface area contributed by atoms with Crippen molar-refractivity contribution in [3.05, 3.63) is 65.0 Å². The molecule has 44 heavy (non-hydrogen) atoms. The first kappa shape index (κ1) is 33.4. The summed E-state index contributed by atoms with van der Waals surface area (Å²) in [5.74, 6) is -1.75. The van der Waals surface area contributed by atoms with Crippen LogP contribution in [0, 0.1) is 5.92 Å². The number of likely N-dealkylation sites (tertiary alicyclic amines) is 2. The van der Waals surface area contributed by atoms with Gasteiger partial charge in [0.2, 0.25) is 21.8 Å². The number of alkyl halides is 3. The Kier molecular flexibility index (Phi) is 10.7. The molecular formula is C31H39F3N4O5S. The van der Waals surface area contributed by atoms with Crippen LogP contribution >= 0.6 is 0 Å². The first-order valence-corrected chi connectivity index (χ1v) is 16.9. The minimum Gasteiger partial charge on any atom is -0.342 e. The number of nitrogens with one attached hydrogen (secondary N) is 1. The van der Waals surface area contributed by atoms with E-state index in [2.05, 4.69) is 4.98 Å². The van der Waals surface area contributed by atoms with E-state index in [1.807, 2.05) is 40.8 Å². The van der Waals surface area contributed by atoms with Crippen molar-refractivity contribution in [1.29, 1.82) is 0 Å². The van der Waals surface area contributed by atoms with Crippen molar-refractivity contribution in [2.45, 2.75) is 76.4 Å². The minimum atomic E-state index is -4.70. The molecule has 0 bridgehead atoms. The standard InChI is InChI=1S/C31H39F3N4O5S/c1-3-7-27-24(10-6-17-38(27)30(41)25-20-35-16-13-26(25)31(32,33)34)29(40)37-18-14-22(15-19-37)23-9-5-4-8-21(23)11-12-28(39)36-44(2,42)43/h4-5,8-9,13,16,20,22,24,27H,3,6-7,10-12,14-15,17-19H2,1-2H3,(H,36,39)/t24-,27?/m1/s1. The highest BCUT2D eigenvalue weighted by atomic mass is 32.2. The Hall–Kier alpha value is -3.48. The van der Waals surface area contributed by atoms with Gasteiger partial charge in [-0.1, -0.05) is 37.6 Å². The van der Waals surface area contributed by atoms with Gasteiger partial charge in [0.15, 0.2) is 0 Å². The van der Waals surface area contributed by atoms with Gasteiger partial charge in [0, 0.05) is 44.5 Å². The third kappa shape index (κ3) is 8.16. The van der Waals surface area contributed by atoms with E-state index in [4.69, 9.17) is 0 Å². The summed E-state index contributed by atoms with van der Waals surface area (Å²) < 4.78 is 65.8. The molecule has 2 fully saturated rings. The normalized spacial score (nSPS) is 19.9. The SMILES string of the molecule is CCCC1[C@H](C(=O)N2CCC(c3ccccc3CCC(=O)NS(C)(=O)=O)CC2)CCCN1C(=O)c1cnccc1C(F)(F)F. The summed E-state index contributed by atoms with van der Waals surface area (Å²) in [6, 6.07) is 8.02. The second-order valence-corrected chi connectivity index (χ2v) is 13.4. The molecule has 2 aliphatic heterocycles. The van der Waals surface area contributed by atoms with Crippen molar-refractivity contribution in [1.82, 2.24) is 19.5 Å². The second kappa shape index (κ2) is 14.1. The summed E-state index contributed by atoms with van der Waals surface area (Å²) in [6.45, 7) is 3.20. The molecule has 3 heterocycles. The number of amides is 3. The summed E-state index contributed by atoms with van der Waals surface area (Å²) in [6.07, 6.45) is 2.24. The summed E-state index contributed by atoms with van der Waals surface area (Å²) in [7, 11) is -3.63. The zero-order chi connectivity index (χ0) is 32.1. The molecule has 240 valence electrons. The van der Waals surface area contributed by atoms with Crippen LogP contribution in [0.2, 0.25) is 0 Å². The zero-order valence-corrected chi connectivity index (χ0v) is 25.8. The van der Waals surface area contributed by atoms with Crippen molar-refractivity contribution in [2.75, 3.05) is 25.9 Å². The number of carbonyl (C=O) groups excluding carboxylic acids is 3. The van der Waals surface area contributed by atoms with E-state index in [0.717, 1.165) is 35.8 Å². The molecule has 2 saturated heterocycles. The van der Waals surface area contributed by atoms with Crippen LogP contribution in [0.4, 0.5) is 13.2 Å². The molecule has 9 nitrogen and oxygen atoms in total. The van der Waals surface area contributed by atoms with Crippen LogP contribution in [0.5, 0.6) is 0 Å². The average molecular weight is 637 g/mol. The highest BCUT2D eigenvalue weighted by Gasteiger charge is 2.43. The Bertz CT molecular complexity index is 1460. The summed E-state index contributed by atoms with van der Waals surface area (Å²) in [5, 5.41) is 0. The number of piperidine rings is 2. The van der Waals surface area contributed by atoms with Crippen molar-refractivity contribution < 1.29 is 36.0 Å². The van der Waals surface area contributed by atoms with Crippen LogP contribution in [0.3, 0.4) is 0 Å². The molecule has 1 unspecified atom stereocenters. The number of pyridine rings is 1. The van der Waals surface area contributed by atoms with E-state index in [9.17, 15) is 36.0 Å². The predicted molar refractivity (Wildman–Crippen MR) is 158 cm³/mol. The first-order chi connectivity index (χ1) is 20.8. The fourth-order valence-corrected chi connectivity index (χ4v) is 7.04. The Balaban J connectivity index is 1.44. The maximum Gasteiger partial charge on any atom is 0.417 e. The molecule has 0 saturated carbocycles. The third-order valence-electron chi connectivity index (χ3n) is 8.52. The zero-order valence-electron chi connectivity index (χ0n) is 25.0. The van der Waals surface area contributed by atoms with E-state index in [1.165, 1.54) is 4.90 Å². The Labute approximate surface area is 256 Å². The smallest absolute Gasteiger partial charge is 0.342 e. The van der Waals surface area contributed by atoms with E-state index in [1.54, 1.807) is 0 Å². The quantitative estimate of drug-likeness (QED) is 0.432. The number of nitrogens with zero attached hydrogens (tertiary/aromatic N) is 3. The highest BCUT2D eigenvalue weighted by Crippen LogP contribution is 2.36. The van der Waals surface area contributed by atoms with Gasteiger partial charge in [0.05, 0.1) is 23.3 Å². The van der Waals surface area contributed by atoms with Crippen LogP contribution in [0.25, 0.3) is 0 Å². The van der Waals surface area contributed by atoms with Crippen molar-refractivity contribution in [3.8, 4) is 0 Å². The Morgan fingerprint density at radius 2 is 1.75 bits per heavy atom. The summed E-state index contributed by atoms with van der Waals surface area (Å²) in [5.41, 5.74) is 0.503. The first-order valence-electron chi connectivity index (χ1n) is 15.0. The van der Waals surface area contributed by atoms with Crippen molar-refractivity contribution in [3.63, 3.8) is 0 Å². The van der Waals surface area contributed by atoms with Crippen molar-refractivity contribution in [2.24, 2.45) is 5.92 Å². The van der Waals surface area contributed by atoms with E-state index in [0.29, 0.717) is 58.0 Å². The lowest BCUT2D eigenvalue weighted by atomic mass is 9.82. The van der Waals surface area contributed by atoms with E-state index < -0.39 is 51.1 Å². The van der Waals surface area contributed by atoms with Crippen LogP contribution in [0.15, 0.2) is 42.7 Å². The molecule has 0 radical (unpaired) electrons. The molecule has 3 amide bonds. The number of carbonyl (C=O) groups is 3. The van der Waals surface area contributed by atoms with Gasteiger partial charge in [-0.3, -0.25) is 24.1 Å². The van der Waals surface area contributed by atoms with Crippen LogP contribution < -0.4 is 4.72 Å². The fourth-order valence-electron chi connectivity index (χ4n) is 6.53. The molecule has 1 aromatic carbocycles. The Morgan fingerprint density at radius 3 is 2.41 bits per heavy atom. The third-order valence-corrected chi connectivity index (χ3v) is 9.12. The lowest BCUT2D eigenvalue weighted by Crippen LogP contribution is -2.54. The molecule has 2 aliphatic rings. The molecule has 1 aromatic heterocycles. The molecular weight excluding hydrogens is 597 g/mol. The lowest BCUT2D eigenvalue weighted by molar-refractivity contribution is -0.141. The highest BCUT2D eigenvalue weighted by molar-refractivity contribution is 7.89. The summed E-state index contributed by atoms with van der Waals surface area (Å²) in [4.78, 5) is 46.5. The molecule has 1 N–H and O–H groups in total. The number of rotatable bonds is 9. The maximum atomic E-state index is 13.9. The molecule has 0 spiro atoms. The number of sulfonamides is 1. The summed E-state index contributed by atoms with van der Waals surface area (Å²) >= 11 is 0. The van der Waals surface area contributed by atoms with Gasteiger partial charge in [-0.15, -0.1) is 0 Å². The number of benzene rings is 1. The largest absolute Gasteiger partial charge is 0.417 e. The topological polar surface area (TPSA) is 117 Å². The van der Waals surface area contributed by atoms with Crippen LogP contribution in [-0.2, 0) is 32.2 Å². The number of hydrogen-bond acceptors (Lipinski definition) is 6. The number of halogens is 3. The van der Waals surface area contributed by atoms with Crippen LogP contribution in [-0.4, -0.2) is 72.9 Å². The lowest BCUT2D eigenvalue weighted by Gasteiger charge is -2.43. The second-order valence-electron chi connectivity index (χ2n) is 11.6. The van der Waals surface area contributed by atoms with E-state index in [-0.39, 0.29) is 24.8 Å². The molecule has 2 aromatic rings. The molecule has 0 aliphatic carbocycles. The maximum absolute atomic E-state index is 13.9. The number of aryl methyl sites for hydroxylation is 1. The van der Waals surface area contributed by atoms with Gasteiger partial charge in [-0.05, 0) is 61.6 Å². The average Bonchev–Trinajstić information content (AvgIpc) is 2.98. The molecule has 13 heteroatoms. The number of aromatic nitrogens is 1. The molecule has 4 rings (SSSR count). The van der Waals surface area contributed by atoms with Crippen molar-refractivity contribution >= 4 is 27.7 Å². The molecule has 2 atom stereocenters.